The second-order valence-corrected chi connectivity index (χ2v) is 5.81. The van der Waals surface area contributed by atoms with Gasteiger partial charge in [0.1, 0.15) is 5.60 Å². The van der Waals surface area contributed by atoms with Gasteiger partial charge in [0, 0.05) is 0 Å². The molecular formula is C15H26O3. The van der Waals surface area contributed by atoms with Gasteiger partial charge in [-0.2, -0.15) is 0 Å². The Morgan fingerprint density at radius 1 is 1.22 bits per heavy atom. The lowest BCUT2D eigenvalue weighted by molar-refractivity contribution is -0.156. The van der Waals surface area contributed by atoms with E-state index in [1.807, 2.05) is 20.8 Å². The first kappa shape index (κ1) is 15.2. The second kappa shape index (κ2) is 7.57. The van der Waals surface area contributed by atoms with Gasteiger partial charge in [0.25, 0.3) is 0 Å². The molecule has 0 bridgehead atoms. The first-order chi connectivity index (χ1) is 8.47. The Labute approximate surface area is 111 Å². The number of hydrogen-bond acceptors (Lipinski definition) is 3. The van der Waals surface area contributed by atoms with Gasteiger partial charge in [-0.1, -0.05) is 12.2 Å². The van der Waals surface area contributed by atoms with Crippen molar-refractivity contribution in [1.29, 1.82) is 0 Å². The minimum absolute atomic E-state index is 0.173. The number of carbonyl (C=O) groups excluding carboxylic acids is 1. The van der Waals surface area contributed by atoms with Crippen LogP contribution in [0.4, 0.5) is 0 Å². The second-order valence-electron chi connectivity index (χ2n) is 5.81. The molecule has 1 rings (SSSR count). The van der Waals surface area contributed by atoms with Crippen LogP contribution in [0.25, 0.3) is 0 Å². The largest absolute Gasteiger partial charge is 0.460 e. The molecule has 0 aliphatic heterocycles. The number of esters is 1. The maximum Gasteiger partial charge on any atom is 0.308 e. The molecule has 1 aliphatic rings. The molecule has 0 aromatic carbocycles. The predicted molar refractivity (Wildman–Crippen MR) is 72.4 cm³/mol. The molecule has 1 unspecified atom stereocenters. The first-order valence-corrected chi connectivity index (χ1v) is 6.96. The van der Waals surface area contributed by atoms with Gasteiger partial charge >= 0.3 is 5.97 Å². The first-order valence-electron chi connectivity index (χ1n) is 6.96. The molecule has 1 atom stereocenters. The van der Waals surface area contributed by atoms with Crippen molar-refractivity contribution in [3.8, 4) is 0 Å². The average molecular weight is 254 g/mol. The summed E-state index contributed by atoms with van der Waals surface area (Å²) >= 11 is 0. The van der Waals surface area contributed by atoms with Gasteiger partial charge in [0.2, 0.25) is 0 Å². The highest BCUT2D eigenvalue weighted by atomic mass is 16.6. The standard InChI is InChI=1S/C15H26O3/c1-15(2,3)18-14(16)11-12-17-13-9-7-5-4-6-8-10-13/h4-5,13H,6-12H2,1-3H3/b5-4+. The molecule has 3 heteroatoms. The van der Waals surface area contributed by atoms with Crippen LogP contribution >= 0.6 is 0 Å². The lowest BCUT2D eigenvalue weighted by atomic mass is 10.0. The third-order valence-corrected chi connectivity index (χ3v) is 2.80. The van der Waals surface area contributed by atoms with Gasteiger partial charge < -0.3 is 9.47 Å². The van der Waals surface area contributed by atoms with Crippen LogP contribution in [0.5, 0.6) is 0 Å². The lowest BCUT2D eigenvalue weighted by Gasteiger charge is -2.21. The fourth-order valence-electron chi connectivity index (χ4n) is 1.99. The summed E-state index contributed by atoms with van der Waals surface area (Å²) < 4.78 is 11.0. The van der Waals surface area contributed by atoms with Crippen LogP contribution in [0.15, 0.2) is 12.2 Å². The van der Waals surface area contributed by atoms with Crippen molar-refractivity contribution in [2.45, 2.75) is 71.0 Å². The van der Waals surface area contributed by atoms with E-state index in [4.69, 9.17) is 9.47 Å². The van der Waals surface area contributed by atoms with E-state index in [0.29, 0.717) is 19.1 Å². The molecular weight excluding hydrogens is 228 g/mol. The molecule has 18 heavy (non-hydrogen) atoms. The normalized spacial score (nSPS) is 22.9. The summed E-state index contributed by atoms with van der Waals surface area (Å²) in [6.45, 7) is 6.12. The number of allylic oxidation sites excluding steroid dienone is 2. The van der Waals surface area contributed by atoms with Crippen molar-refractivity contribution in [3.05, 3.63) is 12.2 Å². The molecule has 0 spiro atoms. The van der Waals surface area contributed by atoms with Crippen molar-refractivity contribution in [2.24, 2.45) is 0 Å². The van der Waals surface area contributed by atoms with Gasteiger partial charge in [0.05, 0.1) is 19.1 Å². The summed E-state index contributed by atoms with van der Waals surface area (Å²) in [6.07, 6.45) is 10.7. The topological polar surface area (TPSA) is 35.5 Å². The summed E-state index contributed by atoms with van der Waals surface area (Å²) in [7, 11) is 0. The van der Waals surface area contributed by atoms with Crippen molar-refractivity contribution < 1.29 is 14.3 Å². The van der Waals surface area contributed by atoms with E-state index in [-0.39, 0.29) is 5.97 Å². The van der Waals surface area contributed by atoms with E-state index < -0.39 is 5.60 Å². The molecule has 0 aromatic rings. The van der Waals surface area contributed by atoms with Crippen LogP contribution in [0.3, 0.4) is 0 Å². The number of hydrogen-bond donors (Lipinski definition) is 0. The molecule has 0 saturated carbocycles. The molecule has 3 nitrogen and oxygen atoms in total. The van der Waals surface area contributed by atoms with Gasteiger partial charge in [-0.15, -0.1) is 0 Å². The summed E-state index contributed by atoms with van der Waals surface area (Å²) in [6, 6.07) is 0. The maximum absolute atomic E-state index is 11.5. The van der Waals surface area contributed by atoms with E-state index in [9.17, 15) is 4.79 Å². The summed E-state index contributed by atoms with van der Waals surface area (Å²) in [4.78, 5) is 11.5. The summed E-state index contributed by atoms with van der Waals surface area (Å²) in [5.74, 6) is -0.173. The van der Waals surface area contributed by atoms with E-state index >= 15 is 0 Å². The Morgan fingerprint density at radius 3 is 2.67 bits per heavy atom. The van der Waals surface area contributed by atoms with Crippen LogP contribution in [0.1, 0.15) is 59.3 Å². The zero-order valence-corrected chi connectivity index (χ0v) is 11.9. The quantitative estimate of drug-likeness (QED) is 0.568. The van der Waals surface area contributed by atoms with Crippen molar-refractivity contribution >= 4 is 5.97 Å². The highest BCUT2D eigenvalue weighted by molar-refractivity contribution is 5.69. The molecule has 0 radical (unpaired) electrons. The number of ether oxygens (including phenoxy) is 2. The minimum Gasteiger partial charge on any atom is -0.460 e. The Morgan fingerprint density at radius 2 is 1.94 bits per heavy atom. The Bertz CT molecular complexity index is 276. The Kier molecular flexibility index (Phi) is 6.41. The summed E-state index contributed by atoms with van der Waals surface area (Å²) in [5, 5.41) is 0. The Balaban J connectivity index is 2.16. The molecule has 0 saturated heterocycles. The third kappa shape index (κ3) is 7.49. The smallest absolute Gasteiger partial charge is 0.308 e. The molecule has 0 aromatic heterocycles. The molecule has 104 valence electrons. The summed E-state index contributed by atoms with van der Waals surface area (Å²) in [5.41, 5.74) is -0.401. The number of carbonyl (C=O) groups is 1. The van der Waals surface area contributed by atoms with E-state index in [2.05, 4.69) is 12.2 Å². The highest BCUT2D eigenvalue weighted by Gasteiger charge is 2.16. The van der Waals surface area contributed by atoms with Gasteiger partial charge in [-0.25, -0.2) is 0 Å². The van der Waals surface area contributed by atoms with Gasteiger partial charge in [-0.05, 0) is 52.9 Å². The fourth-order valence-corrected chi connectivity index (χ4v) is 1.99. The molecule has 0 heterocycles. The maximum atomic E-state index is 11.5. The zero-order chi connectivity index (χ0) is 13.4. The Hall–Kier alpha value is -0.830. The van der Waals surface area contributed by atoms with Crippen LogP contribution in [-0.4, -0.2) is 24.3 Å². The zero-order valence-electron chi connectivity index (χ0n) is 11.9. The van der Waals surface area contributed by atoms with Crippen molar-refractivity contribution in [1.82, 2.24) is 0 Å². The highest BCUT2D eigenvalue weighted by Crippen LogP contribution is 2.16. The van der Waals surface area contributed by atoms with E-state index in [1.165, 1.54) is 6.42 Å². The van der Waals surface area contributed by atoms with Crippen LogP contribution in [-0.2, 0) is 14.3 Å². The molecule has 1 aliphatic carbocycles. The van der Waals surface area contributed by atoms with Crippen LogP contribution < -0.4 is 0 Å². The van der Waals surface area contributed by atoms with Crippen LogP contribution in [0.2, 0.25) is 0 Å². The lowest BCUT2D eigenvalue weighted by Crippen LogP contribution is -2.25. The average Bonchev–Trinajstić information content (AvgIpc) is 2.18. The van der Waals surface area contributed by atoms with Crippen LogP contribution in [0, 0.1) is 0 Å². The van der Waals surface area contributed by atoms with E-state index in [1.54, 1.807) is 0 Å². The fraction of sp³-hybridized carbons (Fsp3) is 0.800. The monoisotopic (exact) mass is 254 g/mol. The minimum atomic E-state index is -0.401. The molecule has 0 fully saturated rings. The van der Waals surface area contributed by atoms with Gasteiger partial charge in [0.15, 0.2) is 0 Å². The molecule has 0 amide bonds. The van der Waals surface area contributed by atoms with Gasteiger partial charge in [-0.3, -0.25) is 4.79 Å². The van der Waals surface area contributed by atoms with E-state index in [0.717, 1.165) is 25.7 Å². The van der Waals surface area contributed by atoms with Crippen molar-refractivity contribution in [2.75, 3.05) is 6.61 Å². The molecule has 0 N–H and O–H groups in total. The third-order valence-electron chi connectivity index (χ3n) is 2.80. The van der Waals surface area contributed by atoms with Crippen molar-refractivity contribution in [3.63, 3.8) is 0 Å². The number of rotatable bonds is 4. The predicted octanol–water partition coefficient (Wildman–Crippen LogP) is 3.62. The SMILES string of the molecule is CC(C)(C)OC(=O)CCOC1CC/C=C/CCC1.